The highest BCUT2D eigenvalue weighted by Gasteiger charge is 2.10. The van der Waals surface area contributed by atoms with Crippen LogP contribution in [0.2, 0.25) is 0 Å². The lowest BCUT2D eigenvalue weighted by Crippen LogP contribution is -2.05. The number of benzene rings is 1. The number of hydrogen-bond acceptors (Lipinski definition) is 2. The Morgan fingerprint density at radius 1 is 1.53 bits per heavy atom. The van der Waals surface area contributed by atoms with E-state index in [2.05, 4.69) is 0 Å². The summed E-state index contributed by atoms with van der Waals surface area (Å²) in [7, 11) is 0. The van der Waals surface area contributed by atoms with Gasteiger partial charge >= 0.3 is 5.97 Å². The summed E-state index contributed by atoms with van der Waals surface area (Å²) in [5.41, 5.74) is 0.462. The van der Waals surface area contributed by atoms with Crippen LogP contribution in [-0.2, 0) is 11.3 Å². The van der Waals surface area contributed by atoms with Gasteiger partial charge in [0.25, 0.3) is 0 Å². The third-order valence-corrected chi connectivity index (χ3v) is 1.90. The van der Waals surface area contributed by atoms with Gasteiger partial charge in [-0.2, -0.15) is 0 Å². The van der Waals surface area contributed by atoms with Gasteiger partial charge in [0.15, 0.2) is 0 Å². The molecular formula is C11H13FO3. The quantitative estimate of drug-likeness (QED) is 0.762. The summed E-state index contributed by atoms with van der Waals surface area (Å²) in [5, 5.41) is 8.84. The first kappa shape index (κ1) is 11.7. The Kier molecular flexibility index (Phi) is 4.24. The number of ether oxygens (including phenoxy) is 1. The molecule has 0 aliphatic carbocycles. The molecule has 0 amide bonds. The van der Waals surface area contributed by atoms with Crippen molar-refractivity contribution in [2.45, 2.75) is 20.0 Å². The Labute approximate surface area is 87.5 Å². The van der Waals surface area contributed by atoms with Crippen LogP contribution in [0.5, 0.6) is 0 Å². The van der Waals surface area contributed by atoms with E-state index >= 15 is 0 Å². The molecule has 0 atom stereocenters. The third kappa shape index (κ3) is 3.32. The van der Waals surface area contributed by atoms with E-state index in [1.54, 1.807) is 0 Å². The number of carboxylic acid groups (broad SMARTS) is 1. The van der Waals surface area contributed by atoms with Crippen LogP contribution in [0.4, 0.5) is 4.39 Å². The Balaban J connectivity index is 2.82. The fraction of sp³-hybridized carbons (Fsp3) is 0.364. The van der Waals surface area contributed by atoms with Gasteiger partial charge in [0.1, 0.15) is 5.82 Å². The van der Waals surface area contributed by atoms with Crippen LogP contribution < -0.4 is 0 Å². The molecule has 0 unspecified atom stereocenters. The van der Waals surface area contributed by atoms with Crippen LogP contribution in [0.3, 0.4) is 0 Å². The maximum atomic E-state index is 12.9. The van der Waals surface area contributed by atoms with Gasteiger partial charge in [-0.1, -0.05) is 6.92 Å². The van der Waals surface area contributed by atoms with Gasteiger partial charge < -0.3 is 9.84 Å². The first-order chi connectivity index (χ1) is 7.15. The predicted molar refractivity (Wildman–Crippen MR) is 53.3 cm³/mol. The number of rotatable bonds is 5. The van der Waals surface area contributed by atoms with E-state index in [0.717, 1.165) is 12.5 Å². The molecule has 3 nitrogen and oxygen atoms in total. The minimum atomic E-state index is -1.06. The number of carboxylic acids is 1. The normalized spacial score (nSPS) is 10.3. The number of halogens is 1. The van der Waals surface area contributed by atoms with Crippen molar-refractivity contribution in [2.75, 3.05) is 6.61 Å². The lowest BCUT2D eigenvalue weighted by Gasteiger charge is -2.06. The van der Waals surface area contributed by atoms with Crippen LogP contribution in [0, 0.1) is 5.82 Å². The zero-order valence-electron chi connectivity index (χ0n) is 8.50. The number of carbonyl (C=O) groups is 1. The molecule has 0 aliphatic rings. The first-order valence-corrected chi connectivity index (χ1v) is 4.74. The second kappa shape index (κ2) is 5.46. The molecule has 1 N–H and O–H groups in total. The molecule has 82 valence electrons. The van der Waals surface area contributed by atoms with Crippen LogP contribution in [0.1, 0.15) is 29.3 Å². The summed E-state index contributed by atoms with van der Waals surface area (Å²) < 4.78 is 18.1. The molecule has 0 bridgehead atoms. The molecular weight excluding hydrogens is 199 g/mol. The summed E-state index contributed by atoms with van der Waals surface area (Å²) >= 11 is 0. The highest BCUT2D eigenvalue weighted by atomic mass is 19.1. The topological polar surface area (TPSA) is 46.5 Å². The van der Waals surface area contributed by atoms with Crippen molar-refractivity contribution in [2.24, 2.45) is 0 Å². The lowest BCUT2D eigenvalue weighted by atomic mass is 10.1. The maximum Gasteiger partial charge on any atom is 0.336 e. The molecule has 0 fully saturated rings. The van der Waals surface area contributed by atoms with Gasteiger partial charge in [-0.05, 0) is 30.2 Å². The van der Waals surface area contributed by atoms with Gasteiger partial charge in [-0.15, -0.1) is 0 Å². The predicted octanol–water partition coefficient (Wildman–Crippen LogP) is 2.45. The molecule has 0 saturated heterocycles. The molecule has 0 saturated carbocycles. The molecule has 1 aromatic carbocycles. The van der Waals surface area contributed by atoms with Gasteiger partial charge in [0.05, 0.1) is 12.2 Å². The van der Waals surface area contributed by atoms with Crippen molar-refractivity contribution in [3.8, 4) is 0 Å². The van der Waals surface area contributed by atoms with Gasteiger partial charge in [0.2, 0.25) is 0 Å². The van der Waals surface area contributed by atoms with E-state index in [0.29, 0.717) is 12.2 Å². The van der Waals surface area contributed by atoms with E-state index in [1.165, 1.54) is 12.1 Å². The summed E-state index contributed by atoms with van der Waals surface area (Å²) in [6.07, 6.45) is 0.845. The average molecular weight is 212 g/mol. The molecule has 0 aromatic heterocycles. The van der Waals surface area contributed by atoms with E-state index < -0.39 is 11.8 Å². The Morgan fingerprint density at radius 3 is 2.87 bits per heavy atom. The zero-order chi connectivity index (χ0) is 11.3. The van der Waals surface area contributed by atoms with Crippen molar-refractivity contribution in [3.63, 3.8) is 0 Å². The van der Waals surface area contributed by atoms with Crippen LogP contribution in [-0.4, -0.2) is 17.7 Å². The van der Waals surface area contributed by atoms with E-state index in [1.807, 2.05) is 6.92 Å². The standard InChI is InChI=1S/C11H13FO3/c1-2-5-15-7-8-6-9(12)3-4-10(8)11(13)14/h3-4,6H,2,5,7H2,1H3,(H,13,14). The third-order valence-electron chi connectivity index (χ3n) is 1.90. The van der Waals surface area contributed by atoms with Crippen molar-refractivity contribution in [3.05, 3.63) is 35.1 Å². The Bertz CT molecular complexity index is 350. The van der Waals surface area contributed by atoms with Crippen molar-refractivity contribution < 1.29 is 19.0 Å². The maximum absolute atomic E-state index is 12.9. The zero-order valence-corrected chi connectivity index (χ0v) is 8.50. The number of hydrogen-bond donors (Lipinski definition) is 1. The van der Waals surface area contributed by atoms with E-state index in [9.17, 15) is 9.18 Å². The Hall–Kier alpha value is -1.42. The van der Waals surface area contributed by atoms with E-state index in [4.69, 9.17) is 9.84 Å². The average Bonchev–Trinajstić information content (AvgIpc) is 2.18. The van der Waals surface area contributed by atoms with Gasteiger partial charge in [-0.25, -0.2) is 9.18 Å². The fourth-order valence-electron chi connectivity index (χ4n) is 1.22. The largest absolute Gasteiger partial charge is 0.478 e. The monoisotopic (exact) mass is 212 g/mol. The summed E-state index contributed by atoms with van der Waals surface area (Å²) in [5.74, 6) is -1.51. The van der Waals surface area contributed by atoms with Crippen LogP contribution in [0.15, 0.2) is 18.2 Å². The highest BCUT2D eigenvalue weighted by molar-refractivity contribution is 5.89. The van der Waals surface area contributed by atoms with Crippen molar-refractivity contribution in [1.82, 2.24) is 0 Å². The second-order valence-corrected chi connectivity index (χ2v) is 3.16. The molecule has 4 heteroatoms. The second-order valence-electron chi connectivity index (χ2n) is 3.16. The van der Waals surface area contributed by atoms with Crippen molar-refractivity contribution >= 4 is 5.97 Å². The van der Waals surface area contributed by atoms with Crippen molar-refractivity contribution in [1.29, 1.82) is 0 Å². The SMILES string of the molecule is CCCOCc1cc(F)ccc1C(=O)O. The first-order valence-electron chi connectivity index (χ1n) is 4.74. The van der Waals surface area contributed by atoms with E-state index in [-0.39, 0.29) is 12.2 Å². The van der Waals surface area contributed by atoms with Gasteiger partial charge in [0, 0.05) is 6.61 Å². The summed E-state index contributed by atoms with van der Waals surface area (Å²) in [6, 6.07) is 3.58. The minimum Gasteiger partial charge on any atom is -0.478 e. The van der Waals surface area contributed by atoms with Gasteiger partial charge in [-0.3, -0.25) is 0 Å². The van der Waals surface area contributed by atoms with Crippen LogP contribution in [0.25, 0.3) is 0 Å². The summed E-state index contributed by atoms with van der Waals surface area (Å²) in [6.45, 7) is 2.62. The molecule has 1 aromatic rings. The molecule has 1 rings (SSSR count). The molecule has 15 heavy (non-hydrogen) atoms. The Morgan fingerprint density at radius 2 is 2.27 bits per heavy atom. The smallest absolute Gasteiger partial charge is 0.336 e. The lowest BCUT2D eigenvalue weighted by molar-refractivity contribution is 0.0687. The number of aromatic carboxylic acids is 1. The molecule has 0 aliphatic heterocycles. The highest BCUT2D eigenvalue weighted by Crippen LogP contribution is 2.12. The molecule has 0 spiro atoms. The van der Waals surface area contributed by atoms with Crippen LogP contribution >= 0.6 is 0 Å². The fourth-order valence-corrected chi connectivity index (χ4v) is 1.22. The molecule has 0 heterocycles. The minimum absolute atomic E-state index is 0.0903. The molecule has 0 radical (unpaired) electrons. The summed E-state index contributed by atoms with van der Waals surface area (Å²) in [4.78, 5) is 10.8.